The highest BCUT2D eigenvalue weighted by Crippen LogP contribution is 2.34. The molecular formula is C23H28N4O3S2. The van der Waals surface area contributed by atoms with Gasteiger partial charge >= 0.3 is 0 Å². The molecule has 0 radical (unpaired) electrons. The van der Waals surface area contributed by atoms with E-state index in [1.807, 2.05) is 19.1 Å². The van der Waals surface area contributed by atoms with Gasteiger partial charge in [-0.3, -0.25) is 18.9 Å². The zero-order chi connectivity index (χ0) is 23.0. The quantitative estimate of drug-likeness (QED) is 0.488. The van der Waals surface area contributed by atoms with E-state index in [-0.39, 0.29) is 11.5 Å². The number of thiocarbonyl (C=S) groups is 1. The number of carbonyl (C=O) groups is 1. The monoisotopic (exact) mass is 472 g/mol. The third-order valence-corrected chi connectivity index (χ3v) is 7.28. The first-order valence-corrected chi connectivity index (χ1v) is 12.0. The van der Waals surface area contributed by atoms with Crippen LogP contribution < -0.4 is 10.5 Å². The number of methoxy groups -OCH3 is 1. The Labute approximate surface area is 197 Å². The van der Waals surface area contributed by atoms with Crippen molar-refractivity contribution in [2.75, 3.05) is 38.3 Å². The van der Waals surface area contributed by atoms with Crippen LogP contribution in [0.15, 0.2) is 28.0 Å². The Kier molecular flexibility index (Phi) is 6.69. The summed E-state index contributed by atoms with van der Waals surface area (Å²) < 4.78 is 7.14. The van der Waals surface area contributed by atoms with E-state index < -0.39 is 0 Å². The van der Waals surface area contributed by atoms with Crippen LogP contribution in [0.25, 0.3) is 11.7 Å². The fourth-order valence-electron chi connectivity index (χ4n) is 4.51. The second-order valence-corrected chi connectivity index (χ2v) is 10.4. The summed E-state index contributed by atoms with van der Waals surface area (Å²) in [6.45, 7) is 8.84. The van der Waals surface area contributed by atoms with Gasteiger partial charge in [-0.15, -0.1) is 0 Å². The molecule has 0 spiro atoms. The number of aromatic nitrogens is 2. The van der Waals surface area contributed by atoms with Gasteiger partial charge in [0, 0.05) is 26.4 Å². The van der Waals surface area contributed by atoms with Gasteiger partial charge in [0.2, 0.25) is 0 Å². The molecule has 0 saturated carbocycles. The summed E-state index contributed by atoms with van der Waals surface area (Å²) in [5.74, 6) is 1.44. The van der Waals surface area contributed by atoms with E-state index in [1.54, 1.807) is 23.8 Å². The summed E-state index contributed by atoms with van der Waals surface area (Å²) in [7, 11) is 1.59. The molecule has 4 rings (SSSR count). The number of hydrogen-bond donors (Lipinski definition) is 0. The topological polar surface area (TPSA) is 67.2 Å². The number of rotatable bonds is 5. The number of ether oxygens (including phenoxy) is 1. The van der Waals surface area contributed by atoms with Crippen LogP contribution in [0.2, 0.25) is 0 Å². The van der Waals surface area contributed by atoms with Crippen LogP contribution in [-0.4, -0.2) is 57.9 Å². The number of fused-ring (bicyclic) bond motifs is 1. The highest BCUT2D eigenvalue weighted by Gasteiger charge is 2.33. The van der Waals surface area contributed by atoms with Crippen molar-refractivity contribution in [1.82, 2.24) is 14.3 Å². The zero-order valence-electron chi connectivity index (χ0n) is 18.8. The van der Waals surface area contributed by atoms with E-state index in [1.165, 1.54) is 16.7 Å². The zero-order valence-corrected chi connectivity index (χ0v) is 20.5. The molecule has 0 bridgehead atoms. The minimum Gasteiger partial charge on any atom is -0.383 e. The SMILES string of the molecule is COCCN1C(=O)/C(=C\c2c(N3C[C@H](C)C[C@H](C)C3)nc3c(C)cccn3c2=O)SC1=S. The Morgan fingerprint density at radius 1 is 1.28 bits per heavy atom. The van der Waals surface area contributed by atoms with E-state index in [2.05, 4.69) is 18.7 Å². The van der Waals surface area contributed by atoms with E-state index >= 15 is 0 Å². The molecule has 9 heteroatoms. The second-order valence-electron chi connectivity index (χ2n) is 8.72. The Hall–Kier alpha value is -2.23. The molecule has 1 amide bonds. The lowest BCUT2D eigenvalue weighted by molar-refractivity contribution is -0.122. The minimum atomic E-state index is -0.197. The number of anilines is 1. The van der Waals surface area contributed by atoms with Gasteiger partial charge in [0.1, 0.15) is 15.8 Å². The summed E-state index contributed by atoms with van der Waals surface area (Å²) >= 11 is 6.62. The van der Waals surface area contributed by atoms with Crippen LogP contribution in [0.3, 0.4) is 0 Å². The van der Waals surface area contributed by atoms with Gasteiger partial charge in [0.25, 0.3) is 11.5 Å². The van der Waals surface area contributed by atoms with Crippen LogP contribution in [-0.2, 0) is 9.53 Å². The maximum absolute atomic E-state index is 13.6. The van der Waals surface area contributed by atoms with Crippen LogP contribution >= 0.6 is 24.0 Å². The predicted molar refractivity (Wildman–Crippen MR) is 133 cm³/mol. The molecule has 2 aliphatic rings. The van der Waals surface area contributed by atoms with Crippen LogP contribution in [0.1, 0.15) is 31.4 Å². The number of nitrogens with zero attached hydrogens (tertiary/aromatic N) is 4. The standard InChI is InChI=1S/C23H28N4O3S2/c1-14-10-15(2)13-25(12-14)20-17(21(28)26-7-5-6-16(3)19(26)24-20)11-18-22(29)27(8-9-30-4)23(31)32-18/h5-7,11,14-15H,8-10,12-13H2,1-4H3/b18-11+/t14-,15+. The largest absolute Gasteiger partial charge is 0.383 e. The molecule has 32 heavy (non-hydrogen) atoms. The lowest BCUT2D eigenvalue weighted by Gasteiger charge is -2.36. The van der Waals surface area contributed by atoms with Crippen LogP contribution in [0.4, 0.5) is 5.82 Å². The van der Waals surface area contributed by atoms with Crippen molar-refractivity contribution in [3.05, 3.63) is 44.7 Å². The Balaban J connectivity index is 1.85. The maximum atomic E-state index is 13.6. The van der Waals surface area contributed by atoms with Crippen molar-refractivity contribution in [3.63, 3.8) is 0 Å². The molecule has 0 aromatic carbocycles. The number of piperidine rings is 1. The molecule has 2 aromatic rings. The number of thioether (sulfide) groups is 1. The molecule has 0 N–H and O–H groups in total. The number of amides is 1. The fourth-order valence-corrected chi connectivity index (χ4v) is 5.80. The highest BCUT2D eigenvalue weighted by molar-refractivity contribution is 8.26. The number of pyridine rings is 1. The van der Waals surface area contributed by atoms with Gasteiger partial charge in [-0.25, -0.2) is 4.98 Å². The molecule has 0 unspecified atom stereocenters. The van der Waals surface area contributed by atoms with Crippen molar-refractivity contribution in [1.29, 1.82) is 0 Å². The minimum absolute atomic E-state index is 0.179. The number of carbonyl (C=O) groups excluding carboxylic acids is 1. The van der Waals surface area contributed by atoms with E-state index in [9.17, 15) is 9.59 Å². The Bertz CT molecular complexity index is 1150. The Morgan fingerprint density at radius 3 is 2.69 bits per heavy atom. The van der Waals surface area contributed by atoms with Gasteiger partial charge in [0.15, 0.2) is 0 Å². The molecule has 2 fully saturated rings. The van der Waals surface area contributed by atoms with Gasteiger partial charge in [-0.2, -0.15) is 0 Å². The van der Waals surface area contributed by atoms with E-state index in [4.69, 9.17) is 21.9 Å². The molecule has 4 heterocycles. The lowest BCUT2D eigenvalue weighted by Crippen LogP contribution is -2.40. The summed E-state index contributed by atoms with van der Waals surface area (Å²) in [6.07, 6.45) is 4.55. The number of hydrogen-bond acceptors (Lipinski definition) is 7. The number of aryl methyl sites for hydroxylation is 1. The fraction of sp³-hybridized carbons (Fsp3) is 0.478. The molecule has 2 atom stereocenters. The molecule has 7 nitrogen and oxygen atoms in total. The van der Waals surface area contributed by atoms with Crippen LogP contribution in [0, 0.1) is 18.8 Å². The average Bonchev–Trinajstić information content (AvgIpc) is 3.00. The molecule has 2 aromatic heterocycles. The van der Waals surface area contributed by atoms with Gasteiger partial charge in [-0.05, 0) is 42.9 Å². The average molecular weight is 473 g/mol. The lowest BCUT2D eigenvalue weighted by atomic mass is 9.91. The van der Waals surface area contributed by atoms with Gasteiger partial charge < -0.3 is 9.64 Å². The summed E-state index contributed by atoms with van der Waals surface area (Å²) in [5, 5.41) is 0. The first kappa shape index (κ1) is 22.9. The third kappa shape index (κ3) is 4.33. The Morgan fingerprint density at radius 2 is 2.00 bits per heavy atom. The summed E-state index contributed by atoms with van der Waals surface area (Å²) in [6, 6.07) is 3.79. The normalized spacial score (nSPS) is 23.1. The molecule has 2 aliphatic heterocycles. The van der Waals surface area contributed by atoms with Crippen molar-refractivity contribution in [2.24, 2.45) is 11.8 Å². The molecular weight excluding hydrogens is 444 g/mol. The van der Waals surface area contributed by atoms with E-state index in [0.717, 1.165) is 25.1 Å². The van der Waals surface area contributed by atoms with Crippen molar-refractivity contribution in [3.8, 4) is 0 Å². The summed E-state index contributed by atoms with van der Waals surface area (Å²) in [4.78, 5) is 35.7. The van der Waals surface area contributed by atoms with Gasteiger partial charge in [-0.1, -0.05) is 43.9 Å². The maximum Gasteiger partial charge on any atom is 0.267 e. The second kappa shape index (κ2) is 9.33. The van der Waals surface area contributed by atoms with Crippen molar-refractivity contribution >= 4 is 51.7 Å². The van der Waals surface area contributed by atoms with E-state index in [0.29, 0.717) is 51.2 Å². The van der Waals surface area contributed by atoms with Crippen molar-refractivity contribution < 1.29 is 9.53 Å². The third-order valence-electron chi connectivity index (χ3n) is 5.90. The first-order chi connectivity index (χ1) is 15.3. The molecule has 170 valence electrons. The molecule has 0 aliphatic carbocycles. The summed E-state index contributed by atoms with van der Waals surface area (Å²) in [5.41, 5.74) is 1.83. The van der Waals surface area contributed by atoms with Gasteiger partial charge in [0.05, 0.1) is 23.6 Å². The first-order valence-electron chi connectivity index (χ1n) is 10.8. The van der Waals surface area contributed by atoms with Crippen molar-refractivity contribution in [2.45, 2.75) is 27.2 Å². The van der Waals surface area contributed by atoms with Crippen LogP contribution in [0.5, 0.6) is 0 Å². The smallest absolute Gasteiger partial charge is 0.267 e. The highest BCUT2D eigenvalue weighted by atomic mass is 32.2. The molecule has 2 saturated heterocycles. The predicted octanol–water partition coefficient (Wildman–Crippen LogP) is 3.33.